The van der Waals surface area contributed by atoms with E-state index in [-0.39, 0.29) is 12.4 Å². The average molecular weight is 272 g/mol. The zero-order chi connectivity index (χ0) is 11.0. The minimum absolute atomic E-state index is 0. The predicted molar refractivity (Wildman–Crippen MR) is 71.7 cm³/mol. The summed E-state index contributed by atoms with van der Waals surface area (Å²) in [5, 5.41) is 8.97. The molecule has 3 rings (SSSR count). The van der Waals surface area contributed by atoms with Gasteiger partial charge in [-0.2, -0.15) is 9.89 Å². The van der Waals surface area contributed by atoms with Crippen LogP contribution in [-0.4, -0.2) is 28.9 Å². The van der Waals surface area contributed by atoms with Gasteiger partial charge in [-0.25, -0.2) is 10.4 Å². The topological polar surface area (TPSA) is 54.2 Å². The van der Waals surface area contributed by atoms with Gasteiger partial charge in [0.05, 0.1) is 23.3 Å². The molecule has 7 heteroatoms. The van der Waals surface area contributed by atoms with Crippen molar-refractivity contribution in [2.24, 2.45) is 4.99 Å². The van der Waals surface area contributed by atoms with Gasteiger partial charge in [0.1, 0.15) is 0 Å². The second-order valence-corrected chi connectivity index (χ2v) is 3.91. The van der Waals surface area contributed by atoms with Crippen molar-refractivity contribution in [2.75, 3.05) is 18.5 Å². The molecule has 17 heavy (non-hydrogen) atoms. The van der Waals surface area contributed by atoms with Gasteiger partial charge in [-0.05, 0) is 12.1 Å². The Morgan fingerprint density at radius 3 is 3.06 bits per heavy atom. The summed E-state index contributed by atoms with van der Waals surface area (Å²) in [6, 6.07) is 5.70. The smallest absolute Gasteiger partial charge is 0.212 e. The highest BCUT2D eigenvalue weighted by Crippen LogP contribution is 2.21. The van der Waals surface area contributed by atoms with Crippen LogP contribution >= 0.6 is 24.0 Å². The fourth-order valence-corrected chi connectivity index (χ4v) is 1.90. The van der Waals surface area contributed by atoms with Crippen LogP contribution in [0.15, 0.2) is 29.4 Å². The first-order valence-corrected chi connectivity index (χ1v) is 5.40. The summed E-state index contributed by atoms with van der Waals surface area (Å²) in [6.07, 6.45) is 1.74. The van der Waals surface area contributed by atoms with Crippen molar-refractivity contribution < 1.29 is 0 Å². The molecule has 0 atom stereocenters. The quantitative estimate of drug-likeness (QED) is 0.829. The van der Waals surface area contributed by atoms with Crippen molar-refractivity contribution in [3.8, 4) is 0 Å². The molecule has 1 aromatic heterocycles. The molecular formula is C10H11Cl2N5. The Bertz CT molecular complexity index is 563. The maximum absolute atomic E-state index is 6.06. The lowest BCUT2D eigenvalue weighted by molar-refractivity contribution is 0.831. The van der Waals surface area contributed by atoms with E-state index in [0.29, 0.717) is 5.02 Å². The Hall–Kier alpha value is -1.46. The maximum atomic E-state index is 6.06. The summed E-state index contributed by atoms with van der Waals surface area (Å²) in [5.41, 5.74) is 4.01. The van der Waals surface area contributed by atoms with E-state index in [2.05, 4.69) is 20.8 Å². The highest BCUT2D eigenvalue weighted by molar-refractivity contribution is 6.35. The lowest BCUT2D eigenvalue weighted by atomic mass is 10.3. The first kappa shape index (κ1) is 12.0. The molecule has 0 fully saturated rings. The molecule has 1 aliphatic heterocycles. The summed E-state index contributed by atoms with van der Waals surface area (Å²) in [4.78, 5) is 5.91. The number of guanidine groups is 1. The molecule has 0 amide bonds. The SMILES string of the molecule is Cl.Clc1cccc2c1cnn2NC1=NCCN1. The van der Waals surface area contributed by atoms with E-state index in [1.165, 1.54) is 0 Å². The molecule has 2 N–H and O–H groups in total. The fourth-order valence-electron chi connectivity index (χ4n) is 1.68. The third-order valence-corrected chi connectivity index (χ3v) is 2.78. The van der Waals surface area contributed by atoms with Crippen molar-refractivity contribution in [3.05, 3.63) is 29.4 Å². The van der Waals surface area contributed by atoms with E-state index >= 15 is 0 Å². The first-order valence-electron chi connectivity index (χ1n) is 5.02. The molecule has 0 aliphatic carbocycles. The van der Waals surface area contributed by atoms with Crippen LogP contribution in [0, 0.1) is 0 Å². The number of aromatic nitrogens is 2. The fraction of sp³-hybridized carbons (Fsp3) is 0.200. The second kappa shape index (κ2) is 4.81. The third-order valence-electron chi connectivity index (χ3n) is 2.45. The Kier molecular flexibility index (Phi) is 3.40. The molecule has 0 bridgehead atoms. The summed E-state index contributed by atoms with van der Waals surface area (Å²) >= 11 is 6.06. The number of nitrogens with zero attached hydrogens (tertiary/aromatic N) is 3. The van der Waals surface area contributed by atoms with Gasteiger partial charge < -0.3 is 5.32 Å². The Labute approximate surface area is 109 Å². The zero-order valence-electron chi connectivity index (χ0n) is 8.85. The van der Waals surface area contributed by atoms with Crippen molar-refractivity contribution >= 4 is 40.9 Å². The lowest BCUT2D eigenvalue weighted by Crippen LogP contribution is -2.32. The van der Waals surface area contributed by atoms with Gasteiger partial charge in [0, 0.05) is 11.9 Å². The summed E-state index contributed by atoms with van der Waals surface area (Å²) < 4.78 is 0. The van der Waals surface area contributed by atoms with Crippen LogP contribution in [0.1, 0.15) is 0 Å². The summed E-state index contributed by atoms with van der Waals surface area (Å²) in [5.74, 6) is 0.741. The molecule has 0 saturated carbocycles. The molecule has 90 valence electrons. The highest BCUT2D eigenvalue weighted by atomic mass is 35.5. The molecule has 2 heterocycles. The Balaban J connectivity index is 0.00000108. The molecule has 0 unspecified atom stereocenters. The van der Waals surface area contributed by atoms with Gasteiger partial charge in [-0.1, -0.05) is 17.7 Å². The molecule has 0 radical (unpaired) electrons. The van der Waals surface area contributed by atoms with E-state index in [9.17, 15) is 0 Å². The van der Waals surface area contributed by atoms with E-state index in [1.54, 1.807) is 11.0 Å². The lowest BCUT2D eigenvalue weighted by Gasteiger charge is -2.07. The Morgan fingerprint density at radius 2 is 2.29 bits per heavy atom. The second-order valence-electron chi connectivity index (χ2n) is 3.50. The van der Waals surface area contributed by atoms with Gasteiger partial charge in [-0.3, -0.25) is 0 Å². The van der Waals surface area contributed by atoms with Crippen LogP contribution in [0.3, 0.4) is 0 Å². The van der Waals surface area contributed by atoms with E-state index in [0.717, 1.165) is 30.0 Å². The average Bonchev–Trinajstić information content (AvgIpc) is 2.90. The summed E-state index contributed by atoms with van der Waals surface area (Å²) in [6.45, 7) is 1.66. The molecule has 0 saturated heterocycles. The number of hydrogen-bond donors (Lipinski definition) is 2. The minimum atomic E-state index is 0. The number of nitrogens with one attached hydrogen (secondary N) is 2. The van der Waals surface area contributed by atoms with Crippen LogP contribution in [0.5, 0.6) is 0 Å². The van der Waals surface area contributed by atoms with E-state index < -0.39 is 0 Å². The van der Waals surface area contributed by atoms with Gasteiger partial charge >= 0.3 is 0 Å². The van der Waals surface area contributed by atoms with Crippen LogP contribution in [-0.2, 0) is 0 Å². The van der Waals surface area contributed by atoms with Crippen molar-refractivity contribution in [2.45, 2.75) is 0 Å². The van der Waals surface area contributed by atoms with Gasteiger partial charge in [-0.15, -0.1) is 12.4 Å². The highest BCUT2D eigenvalue weighted by Gasteiger charge is 2.09. The number of hydrogen-bond acceptors (Lipinski definition) is 4. The Morgan fingerprint density at radius 1 is 1.41 bits per heavy atom. The molecular weight excluding hydrogens is 261 g/mol. The number of aliphatic imine (C=N–C) groups is 1. The zero-order valence-corrected chi connectivity index (χ0v) is 10.4. The monoisotopic (exact) mass is 271 g/mol. The third kappa shape index (κ3) is 2.16. The minimum Gasteiger partial charge on any atom is -0.353 e. The maximum Gasteiger partial charge on any atom is 0.212 e. The van der Waals surface area contributed by atoms with E-state index in [1.807, 2.05) is 18.2 Å². The first-order chi connectivity index (χ1) is 7.84. The van der Waals surface area contributed by atoms with Gasteiger partial charge in [0.25, 0.3) is 0 Å². The van der Waals surface area contributed by atoms with E-state index in [4.69, 9.17) is 11.6 Å². The van der Waals surface area contributed by atoms with Crippen LogP contribution in [0.25, 0.3) is 10.9 Å². The van der Waals surface area contributed by atoms with Crippen LogP contribution in [0.4, 0.5) is 0 Å². The summed E-state index contributed by atoms with van der Waals surface area (Å²) in [7, 11) is 0. The largest absolute Gasteiger partial charge is 0.353 e. The van der Waals surface area contributed by atoms with Gasteiger partial charge in [0.2, 0.25) is 5.96 Å². The molecule has 2 aromatic rings. The normalized spacial score (nSPS) is 14.1. The van der Waals surface area contributed by atoms with Gasteiger partial charge in [0.15, 0.2) is 0 Å². The van der Waals surface area contributed by atoms with Crippen LogP contribution in [0.2, 0.25) is 5.02 Å². The van der Waals surface area contributed by atoms with Crippen molar-refractivity contribution in [1.82, 2.24) is 15.2 Å². The number of halogens is 2. The van der Waals surface area contributed by atoms with Crippen LogP contribution < -0.4 is 10.7 Å². The molecule has 1 aromatic carbocycles. The standard InChI is InChI=1S/C10H10ClN5.ClH/c11-8-2-1-3-9-7(8)6-14-16(9)15-10-12-4-5-13-10;/h1-3,6H,4-5H2,(H2,12,13,15);1H. The molecule has 0 spiro atoms. The van der Waals surface area contributed by atoms with Crippen molar-refractivity contribution in [1.29, 1.82) is 0 Å². The number of fused-ring (bicyclic) bond motifs is 1. The number of rotatable bonds is 1. The molecule has 1 aliphatic rings. The van der Waals surface area contributed by atoms with Crippen molar-refractivity contribution in [3.63, 3.8) is 0 Å². The molecule has 5 nitrogen and oxygen atoms in total. The number of benzene rings is 1. The predicted octanol–water partition coefficient (Wildman–Crippen LogP) is 1.61.